The Kier molecular flexibility index (Phi) is 8.89. The minimum atomic E-state index is -0.275. The van der Waals surface area contributed by atoms with Gasteiger partial charge in [-0.1, -0.05) is 18.2 Å². The first kappa shape index (κ1) is 30.4. The molecule has 1 fully saturated rings. The summed E-state index contributed by atoms with van der Waals surface area (Å²) in [5.41, 5.74) is 4.43. The lowest BCUT2D eigenvalue weighted by molar-refractivity contribution is -0.115. The van der Waals surface area contributed by atoms with Gasteiger partial charge in [0.15, 0.2) is 11.5 Å². The molecule has 0 aliphatic carbocycles. The van der Waals surface area contributed by atoms with Crippen LogP contribution in [0.1, 0.15) is 34.0 Å². The molecule has 3 aromatic carbocycles. The number of ether oxygens (including phenoxy) is 2. The zero-order valence-electron chi connectivity index (χ0n) is 25.5. The van der Waals surface area contributed by atoms with Crippen molar-refractivity contribution >= 4 is 46.0 Å². The normalized spacial score (nSPS) is 15.0. The van der Waals surface area contributed by atoms with Crippen molar-refractivity contribution in [2.45, 2.75) is 25.4 Å². The van der Waals surface area contributed by atoms with Crippen LogP contribution in [-0.2, 0) is 11.3 Å². The van der Waals surface area contributed by atoms with Crippen molar-refractivity contribution in [2.24, 2.45) is 0 Å². The summed E-state index contributed by atoms with van der Waals surface area (Å²) in [6.07, 6.45) is 0. The number of benzene rings is 3. The molecule has 1 aromatic heterocycles. The molecule has 2 aliphatic heterocycles. The van der Waals surface area contributed by atoms with Crippen LogP contribution in [0.3, 0.4) is 0 Å². The number of hydrogen-bond donors (Lipinski definition) is 1. The first-order chi connectivity index (χ1) is 21.8. The predicted molar refractivity (Wildman–Crippen MR) is 175 cm³/mol. The van der Waals surface area contributed by atoms with E-state index < -0.39 is 0 Å². The van der Waals surface area contributed by atoms with E-state index in [0.717, 1.165) is 50.1 Å². The second-order valence-electron chi connectivity index (χ2n) is 11.2. The third kappa shape index (κ3) is 6.73. The quantitative estimate of drug-likeness (QED) is 0.277. The number of pyridine rings is 1. The van der Waals surface area contributed by atoms with E-state index in [0.29, 0.717) is 63.3 Å². The molecule has 2 aliphatic rings. The number of carbonyl (C=O) groups is 2. The summed E-state index contributed by atoms with van der Waals surface area (Å²) in [4.78, 5) is 35.9. The Morgan fingerprint density at radius 1 is 1.02 bits per heavy atom. The van der Waals surface area contributed by atoms with Gasteiger partial charge in [-0.15, -0.1) is 0 Å². The van der Waals surface area contributed by atoms with Gasteiger partial charge in [-0.3, -0.25) is 14.5 Å². The van der Waals surface area contributed by atoms with E-state index in [1.54, 1.807) is 30.3 Å². The van der Waals surface area contributed by atoms with Crippen LogP contribution in [-0.4, -0.2) is 73.0 Å². The molecule has 6 rings (SSSR count). The van der Waals surface area contributed by atoms with Gasteiger partial charge < -0.3 is 19.7 Å². The van der Waals surface area contributed by atoms with E-state index in [1.165, 1.54) is 16.8 Å². The Morgan fingerprint density at radius 2 is 1.73 bits per heavy atom. The molecular formula is C34H34N6O4S. The Bertz CT molecular complexity index is 1800. The zero-order chi connectivity index (χ0) is 31.5. The van der Waals surface area contributed by atoms with E-state index in [9.17, 15) is 14.9 Å². The fourth-order valence-corrected chi connectivity index (χ4v) is 6.40. The molecule has 230 valence electrons. The van der Waals surface area contributed by atoms with Gasteiger partial charge in [-0.25, -0.2) is 9.29 Å². The first-order valence-electron chi connectivity index (χ1n) is 14.8. The van der Waals surface area contributed by atoms with Crippen molar-refractivity contribution in [1.82, 2.24) is 14.8 Å². The third-order valence-electron chi connectivity index (χ3n) is 8.01. The van der Waals surface area contributed by atoms with E-state index >= 15 is 0 Å². The highest BCUT2D eigenvalue weighted by molar-refractivity contribution is 8.01. The fraction of sp³-hybridized carbons (Fsp3) is 0.294. The van der Waals surface area contributed by atoms with Crippen LogP contribution in [0, 0.1) is 18.3 Å². The molecule has 1 N–H and O–H groups in total. The average molecular weight is 623 g/mol. The van der Waals surface area contributed by atoms with E-state index in [4.69, 9.17) is 14.5 Å². The van der Waals surface area contributed by atoms with E-state index in [-0.39, 0.29) is 11.8 Å². The minimum absolute atomic E-state index is 0.274. The highest BCUT2D eigenvalue weighted by atomic mass is 32.2. The largest absolute Gasteiger partial charge is 0.486 e. The van der Waals surface area contributed by atoms with Gasteiger partial charge in [0, 0.05) is 74.3 Å². The van der Waals surface area contributed by atoms with Crippen LogP contribution in [0.25, 0.3) is 10.9 Å². The van der Waals surface area contributed by atoms with Crippen LogP contribution < -0.4 is 19.1 Å². The number of likely N-dealkylation sites (N-methyl/N-ethyl adjacent to an activating group) is 1. The van der Waals surface area contributed by atoms with Crippen LogP contribution in [0.4, 0.5) is 11.4 Å². The maximum atomic E-state index is 13.4. The number of aromatic nitrogens is 1. The molecule has 0 saturated carbocycles. The summed E-state index contributed by atoms with van der Waals surface area (Å²) >= 11 is 1.05. The Morgan fingerprint density at radius 3 is 2.42 bits per heavy atom. The third-order valence-corrected chi connectivity index (χ3v) is 9.13. The number of rotatable bonds is 7. The Labute approximate surface area is 266 Å². The smallest absolute Gasteiger partial charge is 0.256 e. The SMILES string of the molecule is CC(=O)N(Sc1nc2cc3c(cc2cc1C#N)OCCO3)c1cccc(C(=O)Nc2ccc(CN3CCN(C)CC3)cc2)c1C. The number of nitrogens with one attached hydrogen (secondary N) is 1. The number of anilines is 2. The average Bonchev–Trinajstić information content (AvgIpc) is 3.04. The number of amides is 2. The second kappa shape index (κ2) is 13.2. The Balaban J connectivity index is 1.21. The summed E-state index contributed by atoms with van der Waals surface area (Å²) in [6, 6.07) is 20.7. The lowest BCUT2D eigenvalue weighted by Crippen LogP contribution is -2.43. The molecule has 0 unspecified atom stereocenters. The molecule has 10 nitrogen and oxygen atoms in total. The molecule has 0 radical (unpaired) electrons. The number of nitrogens with zero attached hydrogens (tertiary/aromatic N) is 5. The van der Waals surface area contributed by atoms with Crippen molar-refractivity contribution < 1.29 is 19.1 Å². The molecule has 0 spiro atoms. The van der Waals surface area contributed by atoms with Crippen molar-refractivity contribution in [3.8, 4) is 17.6 Å². The van der Waals surface area contributed by atoms with E-state index in [1.807, 2.05) is 37.3 Å². The summed E-state index contributed by atoms with van der Waals surface area (Å²) in [5, 5.41) is 14.0. The van der Waals surface area contributed by atoms with Crippen LogP contribution in [0.2, 0.25) is 0 Å². The molecule has 11 heteroatoms. The number of nitriles is 1. The molecule has 2 amide bonds. The molecule has 45 heavy (non-hydrogen) atoms. The topological polar surface area (TPSA) is 111 Å². The van der Waals surface area contributed by atoms with Gasteiger partial charge in [0.2, 0.25) is 5.91 Å². The first-order valence-corrected chi connectivity index (χ1v) is 15.6. The molecule has 1 saturated heterocycles. The summed E-state index contributed by atoms with van der Waals surface area (Å²) in [6.45, 7) is 9.25. The molecule has 3 heterocycles. The number of carbonyl (C=O) groups excluding carboxylic acids is 2. The van der Waals surface area contributed by atoms with Crippen molar-refractivity contribution in [1.29, 1.82) is 5.26 Å². The van der Waals surface area contributed by atoms with Crippen LogP contribution in [0.5, 0.6) is 11.5 Å². The number of hydrogen-bond acceptors (Lipinski definition) is 9. The van der Waals surface area contributed by atoms with Gasteiger partial charge in [0.05, 0.1) is 16.8 Å². The van der Waals surface area contributed by atoms with Gasteiger partial charge in [0.25, 0.3) is 5.91 Å². The van der Waals surface area contributed by atoms with Crippen LogP contribution >= 0.6 is 11.9 Å². The second-order valence-corrected chi connectivity index (χ2v) is 12.2. The van der Waals surface area contributed by atoms with Crippen molar-refractivity contribution in [2.75, 3.05) is 56.1 Å². The maximum absolute atomic E-state index is 13.4. The number of piperazine rings is 1. The lowest BCUT2D eigenvalue weighted by atomic mass is 10.1. The number of fused-ring (bicyclic) bond motifs is 2. The van der Waals surface area contributed by atoms with E-state index in [2.05, 4.69) is 28.2 Å². The lowest BCUT2D eigenvalue weighted by Gasteiger charge is -2.32. The summed E-state index contributed by atoms with van der Waals surface area (Å²) in [7, 11) is 2.15. The molecule has 4 aromatic rings. The maximum Gasteiger partial charge on any atom is 0.256 e. The fourth-order valence-electron chi connectivity index (χ4n) is 5.46. The highest BCUT2D eigenvalue weighted by Crippen LogP contribution is 2.38. The summed E-state index contributed by atoms with van der Waals surface area (Å²) < 4.78 is 12.8. The van der Waals surface area contributed by atoms with Crippen LogP contribution in [0.15, 0.2) is 65.7 Å². The van der Waals surface area contributed by atoms with Gasteiger partial charge in [0.1, 0.15) is 24.3 Å². The zero-order valence-corrected chi connectivity index (χ0v) is 26.3. The van der Waals surface area contributed by atoms with Gasteiger partial charge in [-0.05, 0) is 61.5 Å². The van der Waals surface area contributed by atoms with Gasteiger partial charge in [-0.2, -0.15) is 5.26 Å². The molecule has 0 bridgehead atoms. The standard InChI is InChI=1S/C34H34N6O4S/c1-22-28(33(42)36-27-9-7-24(8-10-27)21-39-13-11-38(3)12-14-39)5-4-6-30(22)40(23(2)41)45-34-26(20-35)17-25-18-31-32(19-29(25)37-34)44-16-15-43-31/h4-10,17-19H,11-16,21H2,1-3H3,(H,36,42). The van der Waals surface area contributed by atoms with Gasteiger partial charge >= 0.3 is 0 Å². The van der Waals surface area contributed by atoms with Crippen molar-refractivity contribution in [3.63, 3.8) is 0 Å². The highest BCUT2D eigenvalue weighted by Gasteiger charge is 2.23. The predicted octanol–water partition coefficient (Wildman–Crippen LogP) is 5.25. The monoisotopic (exact) mass is 622 g/mol. The molecule has 0 atom stereocenters. The van der Waals surface area contributed by atoms with Crippen molar-refractivity contribution in [3.05, 3.63) is 82.9 Å². The minimum Gasteiger partial charge on any atom is -0.486 e. The Hall–Kier alpha value is -4.63. The summed E-state index contributed by atoms with van der Waals surface area (Å²) in [5.74, 6) is 0.648. The molecular weight excluding hydrogens is 588 g/mol.